The molecule has 2 aromatic carbocycles. The number of carbonyl (C=O) groups is 1. The van der Waals surface area contributed by atoms with E-state index in [1.807, 2.05) is 0 Å². The summed E-state index contributed by atoms with van der Waals surface area (Å²) in [4.78, 5) is 11.6. The molecule has 0 radical (unpaired) electrons. The molecular formula is C14H9Br2Cl2NO2. The molecule has 3 nitrogen and oxygen atoms in total. The van der Waals surface area contributed by atoms with Gasteiger partial charge in [-0.3, -0.25) is 0 Å². The number of benzene rings is 2. The minimum atomic E-state index is -1.01. The van der Waals surface area contributed by atoms with Crippen molar-refractivity contribution in [1.29, 1.82) is 0 Å². The molecule has 0 bridgehead atoms. The highest BCUT2D eigenvalue weighted by Gasteiger charge is 2.22. The van der Waals surface area contributed by atoms with Gasteiger partial charge in [-0.2, -0.15) is 0 Å². The molecule has 0 aliphatic carbocycles. The van der Waals surface area contributed by atoms with Crippen LogP contribution in [0.3, 0.4) is 0 Å². The van der Waals surface area contributed by atoms with Crippen LogP contribution < -0.4 is 5.32 Å². The summed E-state index contributed by atoms with van der Waals surface area (Å²) >= 11 is 18.5. The Morgan fingerprint density at radius 1 is 1.10 bits per heavy atom. The highest BCUT2D eigenvalue weighted by Crippen LogP contribution is 2.31. The zero-order valence-corrected chi connectivity index (χ0v) is 15.1. The quantitative estimate of drug-likeness (QED) is 0.619. The second-order valence-electron chi connectivity index (χ2n) is 4.21. The van der Waals surface area contributed by atoms with Crippen molar-refractivity contribution in [3.63, 3.8) is 0 Å². The second kappa shape index (κ2) is 7.01. The molecule has 0 aromatic heterocycles. The Morgan fingerprint density at radius 3 is 2.43 bits per heavy atom. The Balaban J connectivity index is 2.37. The van der Waals surface area contributed by atoms with Gasteiger partial charge in [0, 0.05) is 25.2 Å². The van der Waals surface area contributed by atoms with Crippen molar-refractivity contribution in [2.45, 2.75) is 6.04 Å². The number of carboxylic acid groups (broad SMARTS) is 1. The standard InChI is InChI=1S/C14H9Br2Cl2NO2/c15-10-3-1-7(17)5-9(10)13(14(20)21)19-8-2-4-12(18)11(16)6-8/h1-6,13,19H,(H,20,21). The predicted octanol–water partition coefficient (Wildman–Crippen LogP) is 5.76. The number of carboxylic acids is 1. The van der Waals surface area contributed by atoms with Crippen LogP contribution in [-0.4, -0.2) is 11.1 Å². The van der Waals surface area contributed by atoms with Gasteiger partial charge in [-0.1, -0.05) is 39.1 Å². The van der Waals surface area contributed by atoms with Crippen molar-refractivity contribution < 1.29 is 9.90 Å². The zero-order valence-electron chi connectivity index (χ0n) is 10.4. The molecule has 0 aliphatic heterocycles. The first-order valence-electron chi connectivity index (χ1n) is 5.78. The molecular weight excluding hydrogens is 445 g/mol. The summed E-state index contributed by atoms with van der Waals surface area (Å²) in [6.45, 7) is 0. The van der Waals surface area contributed by atoms with E-state index in [-0.39, 0.29) is 0 Å². The van der Waals surface area contributed by atoms with Crippen molar-refractivity contribution >= 4 is 66.7 Å². The van der Waals surface area contributed by atoms with Crippen molar-refractivity contribution in [2.75, 3.05) is 5.32 Å². The number of anilines is 1. The van der Waals surface area contributed by atoms with Crippen LogP contribution in [0.4, 0.5) is 5.69 Å². The van der Waals surface area contributed by atoms with Gasteiger partial charge in [-0.25, -0.2) is 4.79 Å². The fraction of sp³-hybridized carbons (Fsp3) is 0.0714. The summed E-state index contributed by atoms with van der Waals surface area (Å²) < 4.78 is 1.35. The first-order chi connectivity index (χ1) is 9.88. The molecule has 2 aromatic rings. The van der Waals surface area contributed by atoms with Gasteiger partial charge in [0.1, 0.15) is 0 Å². The molecule has 2 N–H and O–H groups in total. The molecule has 0 amide bonds. The van der Waals surface area contributed by atoms with Gasteiger partial charge in [0.25, 0.3) is 0 Å². The SMILES string of the molecule is O=C(O)C(Nc1ccc(Cl)c(Br)c1)c1cc(Cl)ccc1Br. The minimum Gasteiger partial charge on any atom is -0.479 e. The molecule has 0 heterocycles. The third kappa shape index (κ3) is 4.13. The Labute approximate surface area is 148 Å². The number of nitrogens with one attached hydrogen (secondary N) is 1. The van der Waals surface area contributed by atoms with Crippen LogP contribution in [0.5, 0.6) is 0 Å². The highest BCUT2D eigenvalue weighted by molar-refractivity contribution is 9.10. The first-order valence-corrected chi connectivity index (χ1v) is 8.12. The summed E-state index contributed by atoms with van der Waals surface area (Å²) in [6.07, 6.45) is 0. The van der Waals surface area contributed by atoms with Crippen LogP contribution >= 0.6 is 55.1 Å². The van der Waals surface area contributed by atoms with Crippen LogP contribution in [0.15, 0.2) is 45.3 Å². The van der Waals surface area contributed by atoms with Crippen molar-refractivity contribution in [3.05, 3.63) is 61.0 Å². The average Bonchev–Trinajstić information content (AvgIpc) is 2.42. The molecule has 2 rings (SSSR count). The maximum atomic E-state index is 11.6. The summed E-state index contributed by atoms with van der Waals surface area (Å²) in [6, 6.07) is 9.19. The number of halogens is 4. The molecule has 0 saturated heterocycles. The topological polar surface area (TPSA) is 49.3 Å². The third-order valence-corrected chi connectivity index (χ3v) is 4.92. The van der Waals surface area contributed by atoms with Gasteiger partial charge in [0.15, 0.2) is 6.04 Å². The van der Waals surface area contributed by atoms with Gasteiger partial charge in [0.05, 0.1) is 5.02 Å². The summed E-state index contributed by atoms with van der Waals surface area (Å²) in [5.41, 5.74) is 1.17. The van der Waals surface area contributed by atoms with Crippen LogP contribution in [0.2, 0.25) is 10.0 Å². The highest BCUT2D eigenvalue weighted by atomic mass is 79.9. The fourth-order valence-corrected chi connectivity index (χ4v) is 2.91. The van der Waals surface area contributed by atoms with E-state index in [1.165, 1.54) is 0 Å². The largest absolute Gasteiger partial charge is 0.479 e. The van der Waals surface area contributed by atoms with Crippen LogP contribution in [0.1, 0.15) is 11.6 Å². The van der Waals surface area contributed by atoms with Crippen molar-refractivity contribution in [2.24, 2.45) is 0 Å². The predicted molar refractivity (Wildman–Crippen MR) is 92.3 cm³/mol. The maximum absolute atomic E-state index is 11.6. The molecule has 1 unspecified atom stereocenters. The van der Waals surface area contributed by atoms with E-state index >= 15 is 0 Å². The lowest BCUT2D eigenvalue weighted by molar-refractivity contribution is -0.138. The molecule has 0 saturated carbocycles. The smallest absolute Gasteiger partial charge is 0.330 e. The van der Waals surface area contributed by atoms with E-state index in [2.05, 4.69) is 37.2 Å². The minimum absolute atomic E-state index is 0.471. The lowest BCUT2D eigenvalue weighted by Gasteiger charge is -2.18. The number of hydrogen-bond donors (Lipinski definition) is 2. The molecule has 21 heavy (non-hydrogen) atoms. The van der Waals surface area contributed by atoms with Crippen molar-refractivity contribution in [1.82, 2.24) is 0 Å². The van der Waals surface area contributed by atoms with Gasteiger partial charge in [0.2, 0.25) is 0 Å². The van der Waals surface area contributed by atoms with Gasteiger partial charge in [-0.05, 0) is 52.3 Å². The van der Waals surface area contributed by atoms with Crippen LogP contribution in [0.25, 0.3) is 0 Å². The maximum Gasteiger partial charge on any atom is 0.330 e. The summed E-state index contributed by atoms with van der Waals surface area (Å²) in [5, 5.41) is 13.4. The van der Waals surface area contributed by atoms with E-state index in [0.717, 1.165) is 0 Å². The molecule has 0 aliphatic rings. The lowest BCUT2D eigenvalue weighted by Crippen LogP contribution is -2.21. The molecule has 1 atom stereocenters. The lowest BCUT2D eigenvalue weighted by atomic mass is 10.1. The summed E-state index contributed by atoms with van der Waals surface area (Å²) in [5.74, 6) is -1.01. The van der Waals surface area contributed by atoms with Crippen LogP contribution in [-0.2, 0) is 4.79 Å². The van der Waals surface area contributed by atoms with E-state index in [0.29, 0.717) is 30.2 Å². The number of hydrogen-bond acceptors (Lipinski definition) is 2. The van der Waals surface area contributed by atoms with Crippen LogP contribution in [0, 0.1) is 0 Å². The van der Waals surface area contributed by atoms with E-state index in [9.17, 15) is 9.90 Å². The Kier molecular flexibility index (Phi) is 5.54. The Bertz CT molecular complexity index is 695. The fourth-order valence-electron chi connectivity index (χ4n) is 1.76. The Morgan fingerprint density at radius 2 is 1.81 bits per heavy atom. The summed E-state index contributed by atoms with van der Waals surface area (Å²) in [7, 11) is 0. The van der Waals surface area contributed by atoms with Crippen molar-refractivity contribution in [3.8, 4) is 0 Å². The number of aliphatic carboxylic acids is 1. The van der Waals surface area contributed by atoms with Gasteiger partial charge < -0.3 is 10.4 Å². The third-order valence-electron chi connectivity index (χ3n) is 2.75. The van der Waals surface area contributed by atoms with Gasteiger partial charge in [-0.15, -0.1) is 0 Å². The molecule has 0 fully saturated rings. The van der Waals surface area contributed by atoms with E-state index in [4.69, 9.17) is 23.2 Å². The van der Waals surface area contributed by atoms with E-state index < -0.39 is 12.0 Å². The zero-order chi connectivity index (χ0) is 15.6. The molecule has 0 spiro atoms. The monoisotopic (exact) mass is 451 g/mol. The van der Waals surface area contributed by atoms with E-state index in [1.54, 1.807) is 36.4 Å². The Hall–Kier alpha value is -0.750. The average molecular weight is 454 g/mol. The first kappa shape index (κ1) is 16.6. The molecule has 110 valence electrons. The molecule has 7 heteroatoms. The second-order valence-corrected chi connectivity index (χ2v) is 6.76. The number of rotatable bonds is 4. The van der Waals surface area contributed by atoms with Gasteiger partial charge >= 0.3 is 5.97 Å². The normalized spacial score (nSPS) is 12.0.